The van der Waals surface area contributed by atoms with Crippen LogP contribution in [-0.2, 0) is 16.7 Å². The average molecular weight is 596 g/mol. The SMILES string of the molecule is C[C@]12CCC3c4ccc(NS(=O)(=O)O)cc4CCC3(C=CCCCCCC(O)C(F)(F)C(F)(F)F)C1CC[C@@H]2O. The molecule has 0 aromatic heterocycles. The van der Waals surface area contributed by atoms with Gasteiger partial charge in [0.25, 0.3) is 0 Å². The molecule has 1 aromatic carbocycles. The molecule has 0 bridgehead atoms. The van der Waals surface area contributed by atoms with Gasteiger partial charge < -0.3 is 10.2 Å². The quantitative estimate of drug-likeness (QED) is 0.106. The highest BCUT2D eigenvalue weighted by atomic mass is 32.2. The lowest BCUT2D eigenvalue weighted by Gasteiger charge is -2.57. The van der Waals surface area contributed by atoms with Crippen molar-refractivity contribution in [3.63, 3.8) is 0 Å². The van der Waals surface area contributed by atoms with Crippen molar-refractivity contribution in [2.24, 2.45) is 16.7 Å². The molecule has 4 unspecified atom stereocenters. The fraction of sp³-hybridized carbons (Fsp3) is 0.714. The molecule has 3 aliphatic carbocycles. The zero-order valence-electron chi connectivity index (χ0n) is 22.4. The van der Waals surface area contributed by atoms with E-state index in [2.05, 4.69) is 23.8 Å². The van der Waals surface area contributed by atoms with Crippen molar-refractivity contribution in [2.75, 3.05) is 4.72 Å². The molecule has 12 heteroatoms. The molecule has 2 fully saturated rings. The summed E-state index contributed by atoms with van der Waals surface area (Å²) in [5.74, 6) is -4.75. The van der Waals surface area contributed by atoms with Gasteiger partial charge in [-0.2, -0.15) is 30.4 Å². The summed E-state index contributed by atoms with van der Waals surface area (Å²) in [5.41, 5.74) is 1.96. The standard InChI is InChI=1S/C28H38F5NO5S/c1-25-15-13-21-20-9-8-19(34-40(37,38)39)17-18(20)12-16-26(21,22(25)10-11-23(25)35)14-6-4-2-3-5-7-24(36)27(29,30)28(31,32)33/h6,8-9,14,17,21-24,34-36H,2-5,7,10-13,15-16H2,1H3,(H,37,38,39)/t21?,22?,23-,24?,25-,26?/m0/s1. The summed E-state index contributed by atoms with van der Waals surface area (Å²) in [6.07, 6.45) is 1.14. The maximum Gasteiger partial charge on any atom is 0.456 e. The van der Waals surface area contributed by atoms with Crippen molar-refractivity contribution >= 4 is 16.0 Å². The normalized spacial score (nSPS) is 31.5. The van der Waals surface area contributed by atoms with Gasteiger partial charge >= 0.3 is 22.4 Å². The fourth-order valence-electron chi connectivity index (χ4n) is 7.69. The number of benzene rings is 1. The minimum absolute atomic E-state index is 0.0502. The van der Waals surface area contributed by atoms with Crippen LogP contribution < -0.4 is 4.72 Å². The highest BCUT2D eigenvalue weighted by molar-refractivity contribution is 7.87. The minimum atomic E-state index is -5.78. The molecule has 6 nitrogen and oxygen atoms in total. The number of aliphatic hydroxyl groups is 2. The van der Waals surface area contributed by atoms with E-state index in [4.69, 9.17) is 4.55 Å². The maximum absolute atomic E-state index is 13.2. The van der Waals surface area contributed by atoms with Crippen LogP contribution in [-0.4, -0.2) is 47.5 Å². The second kappa shape index (κ2) is 11.1. The third kappa shape index (κ3) is 5.91. The van der Waals surface area contributed by atoms with E-state index in [1.165, 1.54) is 0 Å². The summed E-state index contributed by atoms with van der Waals surface area (Å²) < 4.78 is 97.6. The average Bonchev–Trinajstić information content (AvgIpc) is 3.16. The molecular formula is C28H38F5NO5S. The lowest BCUT2D eigenvalue weighted by atomic mass is 9.47. The highest BCUT2D eigenvalue weighted by Crippen LogP contribution is 2.67. The molecule has 6 atom stereocenters. The summed E-state index contributed by atoms with van der Waals surface area (Å²) >= 11 is 0. The van der Waals surface area contributed by atoms with Gasteiger partial charge in [0.1, 0.15) is 6.10 Å². The Bertz CT molecular complexity index is 1210. The van der Waals surface area contributed by atoms with E-state index in [0.717, 1.165) is 43.2 Å². The van der Waals surface area contributed by atoms with Gasteiger partial charge in [0.15, 0.2) is 0 Å². The number of aliphatic hydroxyl groups excluding tert-OH is 2. The van der Waals surface area contributed by atoms with E-state index in [9.17, 15) is 40.6 Å². The van der Waals surface area contributed by atoms with Crippen molar-refractivity contribution in [1.82, 2.24) is 0 Å². The van der Waals surface area contributed by atoms with Crippen molar-refractivity contribution in [3.8, 4) is 0 Å². The van der Waals surface area contributed by atoms with Crippen LogP contribution in [0.2, 0.25) is 0 Å². The zero-order valence-corrected chi connectivity index (χ0v) is 23.2. The fourth-order valence-corrected chi connectivity index (χ4v) is 8.12. The third-order valence-electron chi connectivity index (χ3n) is 9.72. The smallest absolute Gasteiger partial charge is 0.393 e. The second-order valence-corrected chi connectivity index (χ2v) is 13.2. The number of rotatable bonds is 10. The van der Waals surface area contributed by atoms with Crippen LogP contribution in [0.4, 0.5) is 27.6 Å². The number of anilines is 1. The van der Waals surface area contributed by atoms with Crippen LogP contribution in [0.3, 0.4) is 0 Å². The van der Waals surface area contributed by atoms with Gasteiger partial charge in [-0.1, -0.05) is 38.0 Å². The van der Waals surface area contributed by atoms with Gasteiger partial charge in [-0.3, -0.25) is 9.27 Å². The molecule has 2 saturated carbocycles. The molecule has 4 N–H and O–H groups in total. The van der Waals surface area contributed by atoms with Crippen LogP contribution in [0.15, 0.2) is 30.4 Å². The first-order valence-electron chi connectivity index (χ1n) is 13.9. The number of aryl methyl sites for hydroxylation is 1. The van der Waals surface area contributed by atoms with Gasteiger partial charge in [-0.25, -0.2) is 0 Å². The number of alkyl halides is 5. The predicted molar refractivity (Wildman–Crippen MR) is 140 cm³/mol. The van der Waals surface area contributed by atoms with E-state index in [1.807, 2.05) is 6.07 Å². The Kier molecular flexibility index (Phi) is 8.69. The number of hydrogen-bond donors (Lipinski definition) is 4. The predicted octanol–water partition coefficient (Wildman–Crippen LogP) is 6.55. The molecule has 4 rings (SSSR count). The molecule has 0 aliphatic heterocycles. The number of hydrogen-bond acceptors (Lipinski definition) is 4. The minimum Gasteiger partial charge on any atom is -0.393 e. The van der Waals surface area contributed by atoms with Crippen LogP contribution in [0.5, 0.6) is 0 Å². The Morgan fingerprint density at radius 2 is 1.82 bits per heavy atom. The van der Waals surface area contributed by atoms with Crippen LogP contribution >= 0.6 is 0 Å². The largest absolute Gasteiger partial charge is 0.456 e. The number of halogens is 5. The van der Waals surface area contributed by atoms with E-state index < -0.39 is 41.0 Å². The van der Waals surface area contributed by atoms with Gasteiger partial charge in [0.2, 0.25) is 0 Å². The molecule has 1 aromatic rings. The van der Waals surface area contributed by atoms with Crippen LogP contribution in [0.25, 0.3) is 0 Å². The monoisotopic (exact) mass is 595 g/mol. The summed E-state index contributed by atoms with van der Waals surface area (Å²) in [5, 5.41) is 20.2. The second-order valence-electron chi connectivity index (χ2n) is 12.0. The molecule has 0 radical (unpaired) electrons. The van der Waals surface area contributed by atoms with E-state index in [1.54, 1.807) is 12.1 Å². The Morgan fingerprint density at radius 3 is 2.50 bits per heavy atom. The molecule has 40 heavy (non-hydrogen) atoms. The summed E-state index contributed by atoms with van der Waals surface area (Å²) in [6.45, 7) is 2.15. The van der Waals surface area contributed by atoms with E-state index in [0.29, 0.717) is 31.4 Å². The van der Waals surface area contributed by atoms with Crippen LogP contribution in [0.1, 0.15) is 88.2 Å². The van der Waals surface area contributed by atoms with Crippen molar-refractivity contribution in [1.29, 1.82) is 0 Å². The van der Waals surface area contributed by atoms with Gasteiger partial charge in [-0.05, 0) is 104 Å². The Labute approximate surface area is 231 Å². The lowest BCUT2D eigenvalue weighted by molar-refractivity contribution is -0.313. The molecule has 226 valence electrons. The van der Waals surface area contributed by atoms with Crippen molar-refractivity contribution < 1.29 is 45.1 Å². The molecule has 0 saturated heterocycles. The first kappa shape index (κ1) is 31.2. The summed E-state index contributed by atoms with van der Waals surface area (Å²) in [6, 6.07) is 5.30. The van der Waals surface area contributed by atoms with E-state index >= 15 is 0 Å². The molecule has 0 spiro atoms. The Morgan fingerprint density at radius 1 is 1.10 bits per heavy atom. The Hall–Kier alpha value is -1.76. The van der Waals surface area contributed by atoms with Gasteiger partial charge in [0.05, 0.1) is 11.8 Å². The number of nitrogens with one attached hydrogen (secondary N) is 1. The number of allylic oxidation sites excluding steroid dienone is 2. The number of unbranched alkanes of at least 4 members (excludes halogenated alkanes) is 3. The molecule has 0 amide bonds. The maximum atomic E-state index is 13.2. The van der Waals surface area contributed by atoms with Gasteiger partial charge in [-0.15, -0.1) is 0 Å². The van der Waals surface area contributed by atoms with Crippen molar-refractivity contribution in [3.05, 3.63) is 41.5 Å². The lowest BCUT2D eigenvalue weighted by Crippen LogP contribution is -2.50. The zero-order chi connectivity index (χ0) is 29.6. The summed E-state index contributed by atoms with van der Waals surface area (Å²) in [4.78, 5) is 0. The first-order chi connectivity index (χ1) is 18.5. The van der Waals surface area contributed by atoms with E-state index in [-0.39, 0.29) is 29.1 Å². The third-order valence-corrected chi connectivity index (χ3v) is 10.2. The topological polar surface area (TPSA) is 107 Å². The van der Waals surface area contributed by atoms with Crippen molar-refractivity contribution in [2.45, 2.75) is 108 Å². The first-order valence-corrected chi connectivity index (χ1v) is 15.3. The molecule has 0 heterocycles. The summed E-state index contributed by atoms with van der Waals surface area (Å²) in [7, 11) is -4.40. The molecular weight excluding hydrogens is 557 g/mol. The highest BCUT2D eigenvalue weighted by Gasteiger charge is 2.62. The number of fused-ring (bicyclic) bond motifs is 5. The molecule has 3 aliphatic rings. The van der Waals surface area contributed by atoms with Crippen LogP contribution in [0, 0.1) is 16.7 Å². The Balaban J connectivity index is 1.46. The van der Waals surface area contributed by atoms with Gasteiger partial charge in [0, 0.05) is 0 Å².